The third-order valence-corrected chi connectivity index (χ3v) is 1.96. The van der Waals surface area contributed by atoms with Crippen molar-refractivity contribution in [2.45, 2.75) is 12.3 Å². The van der Waals surface area contributed by atoms with E-state index in [1.54, 1.807) is 0 Å². The van der Waals surface area contributed by atoms with Crippen molar-refractivity contribution < 1.29 is 13.6 Å². The minimum absolute atomic E-state index is 0.00309. The number of hydrogen-bond acceptors (Lipinski definition) is 2. The molecule has 0 aliphatic heterocycles. The largest absolute Gasteiger partial charge is 0.364 e. The molecule has 0 bridgehead atoms. The third-order valence-electron chi connectivity index (χ3n) is 1.69. The summed E-state index contributed by atoms with van der Waals surface area (Å²) in [6, 6.07) is 1.12. The zero-order chi connectivity index (χ0) is 10.7. The van der Waals surface area contributed by atoms with E-state index in [0.717, 1.165) is 12.3 Å². The first-order chi connectivity index (χ1) is 6.57. The highest BCUT2D eigenvalue weighted by molar-refractivity contribution is 6.17. The number of nitrogens with zero attached hydrogens (tertiary/aromatic N) is 1. The van der Waals surface area contributed by atoms with Gasteiger partial charge in [-0.25, -0.2) is 8.78 Å². The standard InChI is InChI=1S/C8H7ClF2N2O/c9-3-5-4(7(10)11)1-2-13-6(5)8(12)14/h1-2,7H,3H2,(H2,12,14). The van der Waals surface area contributed by atoms with E-state index >= 15 is 0 Å². The van der Waals surface area contributed by atoms with E-state index in [1.165, 1.54) is 0 Å². The molecule has 76 valence electrons. The second-order valence-electron chi connectivity index (χ2n) is 2.53. The van der Waals surface area contributed by atoms with E-state index in [4.69, 9.17) is 17.3 Å². The van der Waals surface area contributed by atoms with Crippen LogP contribution in [0.4, 0.5) is 8.78 Å². The molecule has 0 radical (unpaired) electrons. The highest BCUT2D eigenvalue weighted by atomic mass is 35.5. The third kappa shape index (κ3) is 1.98. The van der Waals surface area contributed by atoms with Gasteiger partial charge >= 0.3 is 0 Å². The van der Waals surface area contributed by atoms with Gasteiger partial charge in [-0.15, -0.1) is 11.6 Å². The number of hydrogen-bond donors (Lipinski definition) is 1. The lowest BCUT2D eigenvalue weighted by Crippen LogP contribution is -2.16. The highest BCUT2D eigenvalue weighted by Gasteiger charge is 2.18. The van der Waals surface area contributed by atoms with Crippen LogP contribution >= 0.6 is 11.6 Å². The van der Waals surface area contributed by atoms with Gasteiger partial charge in [-0.1, -0.05) is 0 Å². The predicted octanol–water partition coefficient (Wildman–Crippen LogP) is 1.86. The maximum Gasteiger partial charge on any atom is 0.267 e. The van der Waals surface area contributed by atoms with Crippen LogP contribution in [0, 0.1) is 0 Å². The Balaban J connectivity index is 3.32. The average Bonchev–Trinajstić information content (AvgIpc) is 2.16. The number of halogens is 3. The molecule has 1 aromatic rings. The maximum atomic E-state index is 12.4. The van der Waals surface area contributed by atoms with E-state index in [9.17, 15) is 13.6 Å². The Hall–Kier alpha value is -1.23. The molecule has 0 saturated carbocycles. The van der Waals surface area contributed by atoms with E-state index in [-0.39, 0.29) is 22.7 Å². The van der Waals surface area contributed by atoms with E-state index in [1.807, 2.05) is 0 Å². The van der Waals surface area contributed by atoms with Crippen LogP contribution in [0.2, 0.25) is 0 Å². The molecule has 3 nitrogen and oxygen atoms in total. The number of pyridine rings is 1. The van der Waals surface area contributed by atoms with Crippen molar-refractivity contribution >= 4 is 17.5 Å². The molecule has 0 spiro atoms. The van der Waals surface area contributed by atoms with E-state index < -0.39 is 12.3 Å². The van der Waals surface area contributed by atoms with Crippen LogP contribution in [0.25, 0.3) is 0 Å². The van der Waals surface area contributed by atoms with Gasteiger partial charge in [0.15, 0.2) is 0 Å². The van der Waals surface area contributed by atoms with Crippen LogP contribution in [-0.2, 0) is 5.88 Å². The van der Waals surface area contributed by atoms with E-state index in [2.05, 4.69) is 4.98 Å². The minimum atomic E-state index is -2.69. The van der Waals surface area contributed by atoms with Crippen molar-refractivity contribution in [2.75, 3.05) is 0 Å². The molecule has 14 heavy (non-hydrogen) atoms. The first-order valence-corrected chi connectivity index (χ1v) is 4.23. The van der Waals surface area contributed by atoms with Gasteiger partial charge in [0.05, 0.1) is 5.88 Å². The fourth-order valence-electron chi connectivity index (χ4n) is 1.06. The molecule has 0 unspecified atom stereocenters. The van der Waals surface area contributed by atoms with Crippen LogP contribution in [0.15, 0.2) is 12.3 Å². The molecule has 0 atom stereocenters. The van der Waals surface area contributed by atoms with Gasteiger partial charge in [0.1, 0.15) is 5.69 Å². The summed E-state index contributed by atoms with van der Waals surface area (Å²) in [5.41, 5.74) is 4.45. The Morgan fingerprint density at radius 3 is 2.71 bits per heavy atom. The number of alkyl halides is 3. The number of primary amides is 1. The molecule has 1 heterocycles. The Bertz CT molecular complexity index is 357. The van der Waals surface area contributed by atoms with Crippen LogP contribution in [0.1, 0.15) is 28.0 Å². The molecule has 1 aromatic heterocycles. The fourth-order valence-corrected chi connectivity index (χ4v) is 1.35. The molecule has 6 heteroatoms. The van der Waals surface area contributed by atoms with Crippen LogP contribution in [0.3, 0.4) is 0 Å². The number of amides is 1. The van der Waals surface area contributed by atoms with Gasteiger partial charge in [0.25, 0.3) is 12.3 Å². The zero-order valence-corrected chi connectivity index (χ0v) is 7.76. The Labute approximate surface area is 83.9 Å². The Morgan fingerprint density at radius 2 is 2.29 bits per heavy atom. The topological polar surface area (TPSA) is 56.0 Å². The number of rotatable bonds is 3. The molecule has 0 saturated heterocycles. The Kier molecular flexibility index (Phi) is 3.35. The van der Waals surface area contributed by atoms with Crippen molar-refractivity contribution in [2.24, 2.45) is 5.73 Å². The molecule has 1 rings (SSSR count). The molecule has 2 N–H and O–H groups in total. The molecule has 0 aliphatic rings. The van der Waals surface area contributed by atoms with Gasteiger partial charge < -0.3 is 5.73 Å². The monoisotopic (exact) mass is 220 g/mol. The van der Waals surface area contributed by atoms with Gasteiger partial charge in [-0.3, -0.25) is 9.78 Å². The summed E-state index contributed by atoms with van der Waals surface area (Å²) in [6.45, 7) is 0. The van der Waals surface area contributed by atoms with E-state index in [0.29, 0.717) is 0 Å². The summed E-state index contributed by atoms with van der Waals surface area (Å²) in [4.78, 5) is 14.4. The smallest absolute Gasteiger partial charge is 0.267 e. The second-order valence-corrected chi connectivity index (χ2v) is 2.79. The Morgan fingerprint density at radius 1 is 1.64 bits per heavy atom. The SMILES string of the molecule is NC(=O)c1nccc(C(F)F)c1CCl. The first kappa shape index (κ1) is 10.8. The minimum Gasteiger partial charge on any atom is -0.364 e. The molecule has 1 amide bonds. The maximum absolute atomic E-state index is 12.4. The van der Waals surface area contributed by atoms with Crippen molar-refractivity contribution in [3.8, 4) is 0 Å². The van der Waals surface area contributed by atoms with Gasteiger partial charge in [-0.2, -0.15) is 0 Å². The second kappa shape index (κ2) is 4.32. The molecular formula is C8H7ClF2N2O. The highest BCUT2D eigenvalue weighted by Crippen LogP contribution is 2.25. The van der Waals surface area contributed by atoms with Gasteiger partial charge in [0.2, 0.25) is 0 Å². The first-order valence-electron chi connectivity index (χ1n) is 3.69. The summed E-state index contributed by atoms with van der Waals surface area (Å²) < 4.78 is 24.8. The number of nitrogens with two attached hydrogens (primary N) is 1. The molecule has 0 fully saturated rings. The lowest BCUT2D eigenvalue weighted by molar-refractivity contribution is 0.0994. The average molecular weight is 221 g/mol. The fraction of sp³-hybridized carbons (Fsp3) is 0.250. The van der Waals surface area contributed by atoms with Crippen LogP contribution < -0.4 is 5.73 Å². The van der Waals surface area contributed by atoms with Crippen molar-refractivity contribution in [1.82, 2.24) is 4.98 Å². The van der Waals surface area contributed by atoms with Crippen LogP contribution in [-0.4, -0.2) is 10.9 Å². The predicted molar refractivity (Wildman–Crippen MR) is 47.3 cm³/mol. The van der Waals surface area contributed by atoms with Gasteiger partial charge in [0, 0.05) is 17.3 Å². The number of aromatic nitrogens is 1. The summed E-state index contributed by atoms with van der Waals surface area (Å²) in [5, 5.41) is 0. The quantitative estimate of drug-likeness (QED) is 0.791. The summed E-state index contributed by atoms with van der Waals surface area (Å²) in [7, 11) is 0. The zero-order valence-electron chi connectivity index (χ0n) is 7.01. The molecule has 0 aromatic carbocycles. The van der Waals surface area contributed by atoms with Crippen LogP contribution in [0.5, 0.6) is 0 Å². The lowest BCUT2D eigenvalue weighted by atomic mass is 10.1. The van der Waals surface area contributed by atoms with Crippen molar-refractivity contribution in [1.29, 1.82) is 0 Å². The molecule has 0 aliphatic carbocycles. The van der Waals surface area contributed by atoms with Gasteiger partial charge in [-0.05, 0) is 6.07 Å². The number of carbonyl (C=O) groups excluding carboxylic acids is 1. The summed E-state index contributed by atoms with van der Waals surface area (Å²) in [6.07, 6.45) is -1.58. The lowest BCUT2D eigenvalue weighted by Gasteiger charge is -2.08. The van der Waals surface area contributed by atoms with Crippen molar-refractivity contribution in [3.63, 3.8) is 0 Å². The normalized spacial score (nSPS) is 10.6. The van der Waals surface area contributed by atoms with Crippen molar-refractivity contribution in [3.05, 3.63) is 29.1 Å². The summed E-state index contributed by atoms with van der Waals surface area (Å²) in [5.74, 6) is -1.07. The summed E-state index contributed by atoms with van der Waals surface area (Å²) >= 11 is 5.44. The molecular weight excluding hydrogens is 214 g/mol. The number of carbonyl (C=O) groups is 1.